The van der Waals surface area contributed by atoms with Gasteiger partial charge in [0.05, 0.1) is 19.5 Å². The molecule has 0 saturated heterocycles. The molecule has 0 bridgehead atoms. The minimum absolute atomic E-state index is 0.0831. The van der Waals surface area contributed by atoms with E-state index in [9.17, 15) is 4.79 Å². The van der Waals surface area contributed by atoms with Gasteiger partial charge in [0.1, 0.15) is 11.5 Å². The number of methoxy groups -OCH3 is 2. The quantitative estimate of drug-likeness (QED) is 0.787. The number of aromatic nitrogens is 2. The van der Waals surface area contributed by atoms with Crippen molar-refractivity contribution in [2.24, 2.45) is 0 Å². The summed E-state index contributed by atoms with van der Waals surface area (Å²) in [5.41, 5.74) is 0.394. The molecule has 8 heteroatoms. The fourth-order valence-electron chi connectivity index (χ4n) is 1.98. The predicted molar refractivity (Wildman–Crippen MR) is 96.1 cm³/mol. The van der Waals surface area contributed by atoms with E-state index in [0.29, 0.717) is 28.2 Å². The molecule has 1 amide bonds. The number of nitrogens with zero attached hydrogens (tertiary/aromatic N) is 2. The van der Waals surface area contributed by atoms with Crippen LogP contribution in [0.3, 0.4) is 0 Å². The van der Waals surface area contributed by atoms with Crippen molar-refractivity contribution in [2.45, 2.75) is 43.7 Å². The summed E-state index contributed by atoms with van der Waals surface area (Å²) in [6.07, 6.45) is 0. The molecule has 0 fully saturated rings. The molecular weight excluding hydrogens is 342 g/mol. The molecule has 0 aliphatic carbocycles. The van der Waals surface area contributed by atoms with Crippen LogP contribution in [0.2, 0.25) is 0 Å². The van der Waals surface area contributed by atoms with Crippen molar-refractivity contribution in [3.8, 4) is 23.0 Å². The van der Waals surface area contributed by atoms with Crippen molar-refractivity contribution in [2.75, 3.05) is 14.2 Å². The minimum atomic E-state index is -0.354. The SMILES string of the molecule is COc1cc(OC)cc(-c2nnc(S[C@H](C)C(=O)NC(C)(C)C)o2)c1. The van der Waals surface area contributed by atoms with Crippen molar-refractivity contribution >= 4 is 17.7 Å². The molecule has 25 heavy (non-hydrogen) atoms. The lowest BCUT2D eigenvalue weighted by molar-refractivity contribution is -0.121. The highest BCUT2D eigenvalue weighted by molar-refractivity contribution is 8.00. The smallest absolute Gasteiger partial charge is 0.277 e. The highest BCUT2D eigenvalue weighted by atomic mass is 32.2. The molecule has 2 aromatic rings. The number of benzene rings is 1. The van der Waals surface area contributed by atoms with Crippen LogP contribution in [0.15, 0.2) is 27.8 Å². The molecular formula is C17H23N3O4S. The van der Waals surface area contributed by atoms with E-state index in [-0.39, 0.29) is 16.7 Å². The van der Waals surface area contributed by atoms with Gasteiger partial charge in [0.2, 0.25) is 11.8 Å². The normalized spacial score (nSPS) is 12.6. The van der Waals surface area contributed by atoms with Crippen LogP contribution in [0.4, 0.5) is 0 Å². The fraction of sp³-hybridized carbons (Fsp3) is 0.471. The first kappa shape index (κ1) is 19.1. The second-order valence-electron chi connectivity index (χ2n) is 6.47. The molecule has 0 aliphatic heterocycles. The van der Waals surface area contributed by atoms with Crippen LogP contribution in [0.5, 0.6) is 11.5 Å². The maximum atomic E-state index is 12.2. The summed E-state index contributed by atoms with van der Waals surface area (Å²) >= 11 is 1.21. The van der Waals surface area contributed by atoms with Gasteiger partial charge in [-0.25, -0.2) is 0 Å². The maximum absolute atomic E-state index is 12.2. The third-order valence-corrected chi connectivity index (χ3v) is 4.08. The number of carbonyl (C=O) groups excluding carboxylic acids is 1. The summed E-state index contributed by atoms with van der Waals surface area (Å²) in [6, 6.07) is 5.31. The molecule has 0 saturated carbocycles. The molecule has 1 aromatic carbocycles. The number of nitrogens with one attached hydrogen (secondary N) is 1. The molecule has 0 radical (unpaired) electrons. The number of hydrogen-bond acceptors (Lipinski definition) is 7. The van der Waals surface area contributed by atoms with Gasteiger partial charge in [0.15, 0.2) is 0 Å². The molecule has 0 aliphatic rings. The van der Waals surface area contributed by atoms with Crippen LogP contribution >= 0.6 is 11.8 Å². The summed E-state index contributed by atoms with van der Waals surface area (Å²) in [7, 11) is 3.15. The van der Waals surface area contributed by atoms with Crippen LogP contribution < -0.4 is 14.8 Å². The molecule has 1 atom stereocenters. The lowest BCUT2D eigenvalue weighted by Gasteiger charge is -2.22. The van der Waals surface area contributed by atoms with Gasteiger partial charge < -0.3 is 19.2 Å². The Bertz CT molecular complexity index is 717. The summed E-state index contributed by atoms with van der Waals surface area (Å²) in [5.74, 6) is 1.50. The lowest BCUT2D eigenvalue weighted by atomic mass is 10.1. The average molecular weight is 365 g/mol. The second-order valence-corrected chi connectivity index (χ2v) is 7.77. The lowest BCUT2D eigenvalue weighted by Crippen LogP contribution is -2.44. The van der Waals surface area contributed by atoms with Gasteiger partial charge >= 0.3 is 0 Å². The molecule has 1 aromatic heterocycles. The number of ether oxygens (including phenoxy) is 2. The van der Waals surface area contributed by atoms with Crippen LogP contribution in [0.1, 0.15) is 27.7 Å². The van der Waals surface area contributed by atoms with E-state index < -0.39 is 0 Å². The first-order chi connectivity index (χ1) is 11.7. The Hall–Kier alpha value is -2.22. The van der Waals surface area contributed by atoms with Crippen molar-refractivity contribution in [1.82, 2.24) is 15.5 Å². The second kappa shape index (κ2) is 7.77. The molecule has 2 rings (SSSR count). The predicted octanol–water partition coefficient (Wildman–Crippen LogP) is 3.15. The van der Waals surface area contributed by atoms with Crippen LogP contribution in [-0.2, 0) is 4.79 Å². The van der Waals surface area contributed by atoms with Gasteiger partial charge in [-0.3, -0.25) is 4.79 Å². The molecule has 1 heterocycles. The van der Waals surface area contributed by atoms with E-state index in [2.05, 4.69) is 15.5 Å². The highest BCUT2D eigenvalue weighted by Crippen LogP contribution is 2.31. The highest BCUT2D eigenvalue weighted by Gasteiger charge is 2.22. The van der Waals surface area contributed by atoms with Crippen LogP contribution in [0.25, 0.3) is 11.5 Å². The largest absolute Gasteiger partial charge is 0.497 e. The molecule has 136 valence electrons. The average Bonchev–Trinajstić information content (AvgIpc) is 3.01. The van der Waals surface area contributed by atoms with Crippen LogP contribution in [-0.4, -0.2) is 41.1 Å². The van der Waals surface area contributed by atoms with E-state index in [1.54, 1.807) is 39.3 Å². The standard InChI is InChI=1S/C17H23N3O4S/c1-10(14(21)18-17(2,3)4)25-16-20-19-15(24-16)11-7-12(22-5)9-13(8-11)23-6/h7-10H,1-6H3,(H,18,21)/t10-/m1/s1. The number of hydrogen-bond donors (Lipinski definition) is 1. The van der Waals surface area contributed by atoms with Crippen molar-refractivity contribution in [3.63, 3.8) is 0 Å². The van der Waals surface area contributed by atoms with Gasteiger partial charge in [-0.15, -0.1) is 10.2 Å². The number of thioether (sulfide) groups is 1. The zero-order valence-corrected chi connectivity index (χ0v) is 16.1. The Morgan fingerprint density at radius 3 is 2.28 bits per heavy atom. The van der Waals surface area contributed by atoms with E-state index >= 15 is 0 Å². The first-order valence-corrected chi connectivity index (χ1v) is 8.65. The Kier molecular flexibility index (Phi) is 5.94. The molecule has 1 N–H and O–H groups in total. The number of rotatable bonds is 6. The van der Waals surface area contributed by atoms with Crippen molar-refractivity contribution in [1.29, 1.82) is 0 Å². The summed E-state index contributed by atoms with van der Waals surface area (Å²) in [5, 5.41) is 10.9. The topological polar surface area (TPSA) is 86.5 Å². The van der Waals surface area contributed by atoms with Gasteiger partial charge in [-0.2, -0.15) is 0 Å². The Labute approximate surface area is 151 Å². The monoisotopic (exact) mass is 365 g/mol. The third-order valence-electron chi connectivity index (χ3n) is 3.15. The maximum Gasteiger partial charge on any atom is 0.277 e. The minimum Gasteiger partial charge on any atom is -0.497 e. The summed E-state index contributed by atoms with van der Waals surface area (Å²) in [6.45, 7) is 7.60. The Morgan fingerprint density at radius 1 is 1.16 bits per heavy atom. The summed E-state index contributed by atoms with van der Waals surface area (Å²) in [4.78, 5) is 12.2. The fourth-order valence-corrected chi connectivity index (χ4v) is 2.66. The first-order valence-electron chi connectivity index (χ1n) is 7.77. The molecule has 0 spiro atoms. The third kappa shape index (κ3) is 5.38. The van der Waals surface area contributed by atoms with Crippen molar-refractivity contribution in [3.05, 3.63) is 18.2 Å². The Morgan fingerprint density at radius 2 is 1.76 bits per heavy atom. The number of amides is 1. The van der Waals surface area contributed by atoms with Gasteiger partial charge in [-0.05, 0) is 39.8 Å². The van der Waals surface area contributed by atoms with E-state index in [4.69, 9.17) is 13.9 Å². The molecule has 0 unspecified atom stereocenters. The molecule has 7 nitrogen and oxygen atoms in total. The van der Waals surface area contributed by atoms with Crippen molar-refractivity contribution < 1.29 is 18.7 Å². The zero-order chi connectivity index (χ0) is 18.6. The zero-order valence-electron chi connectivity index (χ0n) is 15.2. The van der Waals surface area contributed by atoms with E-state index in [1.807, 2.05) is 20.8 Å². The van der Waals surface area contributed by atoms with Crippen LogP contribution in [0, 0.1) is 0 Å². The van der Waals surface area contributed by atoms with E-state index in [0.717, 1.165) is 0 Å². The van der Waals surface area contributed by atoms with Gasteiger partial charge in [0.25, 0.3) is 5.22 Å². The van der Waals surface area contributed by atoms with E-state index in [1.165, 1.54) is 11.8 Å². The Balaban J connectivity index is 2.13. The number of carbonyl (C=O) groups is 1. The summed E-state index contributed by atoms with van der Waals surface area (Å²) < 4.78 is 16.1. The van der Waals surface area contributed by atoms with Gasteiger partial charge in [-0.1, -0.05) is 11.8 Å². The van der Waals surface area contributed by atoms with Gasteiger partial charge in [0, 0.05) is 17.2 Å².